The fourth-order valence-electron chi connectivity index (χ4n) is 0.681. The summed E-state index contributed by atoms with van der Waals surface area (Å²) in [6, 6.07) is 0. The summed E-state index contributed by atoms with van der Waals surface area (Å²) in [6.45, 7) is 0.490. The van der Waals surface area contributed by atoms with Crippen LogP contribution >= 0.6 is 25.3 Å². The highest BCUT2D eigenvalue weighted by molar-refractivity contribution is 7.85. The van der Waals surface area contributed by atoms with Crippen molar-refractivity contribution in [1.29, 1.82) is 0 Å². The van der Waals surface area contributed by atoms with Crippen molar-refractivity contribution >= 4 is 31.2 Å². The Morgan fingerprint density at radius 3 is 2.67 bits per heavy atom. The first kappa shape index (κ1) is 7.28. The zero-order chi connectivity index (χ0) is 6.85. The molecule has 1 fully saturated rings. The van der Waals surface area contributed by atoms with E-state index in [1.807, 2.05) is 0 Å². The van der Waals surface area contributed by atoms with Crippen LogP contribution in [0, 0.1) is 0 Å². The molecule has 1 aliphatic rings. The second-order valence-corrected chi connectivity index (χ2v) is 3.19. The molecule has 1 rings (SSSR count). The SMILES string of the molecule is O=C1OCCC(S)C1S. The molecule has 4 heteroatoms. The van der Waals surface area contributed by atoms with E-state index < -0.39 is 0 Å². The molecule has 0 amide bonds. The molecule has 0 aromatic carbocycles. The first-order chi connectivity index (χ1) is 4.22. The van der Waals surface area contributed by atoms with Crippen LogP contribution in [-0.4, -0.2) is 23.1 Å². The van der Waals surface area contributed by atoms with Crippen molar-refractivity contribution in [2.45, 2.75) is 16.9 Å². The van der Waals surface area contributed by atoms with Crippen molar-refractivity contribution in [1.82, 2.24) is 0 Å². The number of rotatable bonds is 0. The molecule has 0 saturated carbocycles. The number of cyclic esters (lactones) is 1. The smallest absolute Gasteiger partial charge is 0.319 e. The van der Waals surface area contributed by atoms with Crippen LogP contribution in [0.5, 0.6) is 0 Å². The van der Waals surface area contributed by atoms with Crippen molar-refractivity contribution in [3.05, 3.63) is 0 Å². The summed E-state index contributed by atoms with van der Waals surface area (Å²) in [5, 5.41) is -0.267. The summed E-state index contributed by atoms with van der Waals surface area (Å²) >= 11 is 8.14. The van der Waals surface area contributed by atoms with Gasteiger partial charge in [0.2, 0.25) is 0 Å². The Kier molecular flexibility index (Phi) is 2.29. The Balaban J connectivity index is 2.51. The van der Waals surface area contributed by atoms with Gasteiger partial charge in [0, 0.05) is 5.25 Å². The van der Waals surface area contributed by atoms with Gasteiger partial charge in [0.15, 0.2) is 0 Å². The molecule has 9 heavy (non-hydrogen) atoms. The minimum absolute atomic E-state index is 0.0644. The summed E-state index contributed by atoms with van der Waals surface area (Å²) in [4.78, 5) is 10.7. The van der Waals surface area contributed by atoms with E-state index in [0.717, 1.165) is 6.42 Å². The molecule has 1 saturated heterocycles. The Morgan fingerprint density at radius 1 is 1.56 bits per heavy atom. The fourth-order valence-corrected chi connectivity index (χ4v) is 1.13. The highest BCUT2D eigenvalue weighted by atomic mass is 32.1. The van der Waals surface area contributed by atoms with Crippen molar-refractivity contribution in [3.8, 4) is 0 Å². The Hall–Kier alpha value is 0.170. The van der Waals surface area contributed by atoms with Gasteiger partial charge in [-0.15, -0.1) is 0 Å². The number of ether oxygens (including phenoxy) is 1. The van der Waals surface area contributed by atoms with Gasteiger partial charge in [-0.2, -0.15) is 25.3 Å². The number of carbonyl (C=O) groups is 1. The standard InChI is InChI=1S/C5H8O2S2/c6-5-4(9)3(8)1-2-7-5/h3-4,8-9H,1-2H2. The van der Waals surface area contributed by atoms with E-state index in [4.69, 9.17) is 4.74 Å². The molecule has 0 radical (unpaired) electrons. The second-order valence-electron chi connectivity index (χ2n) is 1.97. The highest BCUT2D eigenvalue weighted by Gasteiger charge is 2.27. The molecule has 1 heterocycles. The zero-order valence-corrected chi connectivity index (χ0v) is 6.57. The molecule has 2 nitrogen and oxygen atoms in total. The number of thiol groups is 2. The highest BCUT2D eigenvalue weighted by Crippen LogP contribution is 2.18. The van der Waals surface area contributed by atoms with E-state index in [9.17, 15) is 4.79 Å². The van der Waals surface area contributed by atoms with Gasteiger partial charge in [-0.05, 0) is 6.42 Å². The number of carbonyl (C=O) groups excluding carboxylic acids is 1. The lowest BCUT2D eigenvalue weighted by Crippen LogP contribution is -2.33. The predicted molar refractivity (Wildman–Crippen MR) is 41.1 cm³/mol. The van der Waals surface area contributed by atoms with Gasteiger partial charge in [-0.1, -0.05) is 0 Å². The lowest BCUT2D eigenvalue weighted by atomic mass is 10.2. The van der Waals surface area contributed by atoms with E-state index in [-0.39, 0.29) is 16.5 Å². The molecule has 0 aromatic rings. The first-order valence-electron chi connectivity index (χ1n) is 2.74. The van der Waals surface area contributed by atoms with Crippen LogP contribution in [-0.2, 0) is 9.53 Å². The van der Waals surface area contributed by atoms with Crippen LogP contribution in [0.2, 0.25) is 0 Å². The quantitative estimate of drug-likeness (QED) is 0.403. The third-order valence-corrected chi connectivity index (χ3v) is 2.63. The van der Waals surface area contributed by atoms with Gasteiger partial charge < -0.3 is 4.74 Å². The van der Waals surface area contributed by atoms with E-state index in [1.54, 1.807) is 0 Å². The molecule has 0 aliphatic carbocycles. The van der Waals surface area contributed by atoms with Gasteiger partial charge in [-0.25, -0.2) is 0 Å². The minimum Gasteiger partial charge on any atom is -0.465 e. The molecule has 0 bridgehead atoms. The molecule has 0 spiro atoms. The molecule has 2 atom stereocenters. The van der Waals surface area contributed by atoms with Crippen LogP contribution in [0.3, 0.4) is 0 Å². The summed E-state index contributed by atoms with van der Waals surface area (Å²) in [6.07, 6.45) is 0.809. The third kappa shape index (κ3) is 1.55. The number of hydrogen-bond acceptors (Lipinski definition) is 4. The Bertz CT molecular complexity index is 126. The predicted octanol–water partition coefficient (Wildman–Crippen LogP) is 0.530. The van der Waals surface area contributed by atoms with Crippen LogP contribution in [0.4, 0.5) is 0 Å². The van der Waals surface area contributed by atoms with Gasteiger partial charge >= 0.3 is 5.97 Å². The van der Waals surface area contributed by atoms with Crippen LogP contribution in [0.25, 0.3) is 0 Å². The Morgan fingerprint density at radius 2 is 2.22 bits per heavy atom. The molecule has 1 aliphatic heterocycles. The average Bonchev–Trinajstić information content (AvgIpc) is 1.83. The van der Waals surface area contributed by atoms with Gasteiger partial charge in [0.25, 0.3) is 0 Å². The molecule has 52 valence electrons. The van der Waals surface area contributed by atoms with Crippen molar-refractivity contribution < 1.29 is 9.53 Å². The first-order valence-corrected chi connectivity index (χ1v) is 3.78. The van der Waals surface area contributed by atoms with Crippen LogP contribution < -0.4 is 0 Å². The number of esters is 1. The molecule has 2 unspecified atom stereocenters. The maximum absolute atomic E-state index is 10.7. The minimum atomic E-state index is -0.331. The lowest BCUT2D eigenvalue weighted by Gasteiger charge is -2.22. The molecule has 0 aromatic heterocycles. The molecular weight excluding hydrogens is 156 g/mol. The van der Waals surface area contributed by atoms with E-state index >= 15 is 0 Å². The normalized spacial score (nSPS) is 36.0. The topological polar surface area (TPSA) is 26.3 Å². The van der Waals surface area contributed by atoms with Gasteiger partial charge in [-0.3, -0.25) is 4.79 Å². The van der Waals surface area contributed by atoms with Gasteiger partial charge in [0.1, 0.15) is 5.25 Å². The fraction of sp³-hybridized carbons (Fsp3) is 0.800. The summed E-state index contributed by atoms with van der Waals surface area (Å²) < 4.78 is 4.70. The van der Waals surface area contributed by atoms with Crippen molar-refractivity contribution in [3.63, 3.8) is 0 Å². The largest absolute Gasteiger partial charge is 0.465 e. The third-order valence-electron chi connectivity index (χ3n) is 1.26. The molecular formula is C5H8O2S2. The van der Waals surface area contributed by atoms with Crippen LogP contribution in [0.1, 0.15) is 6.42 Å². The summed E-state index contributed by atoms with van der Waals surface area (Å²) in [7, 11) is 0. The summed E-state index contributed by atoms with van der Waals surface area (Å²) in [5.74, 6) is -0.246. The number of hydrogen-bond donors (Lipinski definition) is 2. The van der Waals surface area contributed by atoms with E-state index in [1.165, 1.54) is 0 Å². The van der Waals surface area contributed by atoms with E-state index in [2.05, 4.69) is 25.3 Å². The lowest BCUT2D eigenvalue weighted by molar-refractivity contribution is -0.145. The maximum Gasteiger partial charge on any atom is 0.319 e. The zero-order valence-electron chi connectivity index (χ0n) is 4.78. The van der Waals surface area contributed by atoms with E-state index in [0.29, 0.717) is 6.61 Å². The van der Waals surface area contributed by atoms with Crippen LogP contribution in [0.15, 0.2) is 0 Å². The monoisotopic (exact) mass is 164 g/mol. The average molecular weight is 164 g/mol. The Labute approximate surface area is 64.8 Å². The molecule has 0 N–H and O–H groups in total. The maximum atomic E-state index is 10.7. The second kappa shape index (κ2) is 2.84. The van der Waals surface area contributed by atoms with Crippen molar-refractivity contribution in [2.24, 2.45) is 0 Å². The summed E-state index contributed by atoms with van der Waals surface area (Å²) in [5.41, 5.74) is 0. The van der Waals surface area contributed by atoms with Crippen molar-refractivity contribution in [2.75, 3.05) is 6.61 Å². The van der Waals surface area contributed by atoms with Gasteiger partial charge in [0.05, 0.1) is 6.61 Å².